The number of H-pyrrole nitrogens is 2. The van der Waals surface area contributed by atoms with Crippen molar-refractivity contribution in [2.24, 2.45) is 0 Å². The number of nitrogens with zero attached hydrogens (tertiary/aromatic N) is 4. The number of aromatic nitrogens is 6. The lowest BCUT2D eigenvalue weighted by molar-refractivity contribution is 1.07. The molecule has 0 fully saturated rings. The summed E-state index contributed by atoms with van der Waals surface area (Å²) >= 11 is 1.38. The number of hydrogen-bond acceptors (Lipinski definition) is 6. The molecular weight excluding hydrogens is 238 g/mol. The number of nitrogens with two attached hydrogens (primary N) is 1. The fourth-order valence-electron chi connectivity index (χ4n) is 1.48. The van der Waals surface area contributed by atoms with Gasteiger partial charge in [-0.15, -0.1) is 0 Å². The maximum absolute atomic E-state index is 5.80. The minimum absolute atomic E-state index is 0.541. The number of hydrogen-bond donors (Lipinski definition) is 3. The molecule has 0 radical (unpaired) electrons. The molecule has 0 aliphatic rings. The van der Waals surface area contributed by atoms with Crippen LogP contribution in [0.25, 0.3) is 11.2 Å². The van der Waals surface area contributed by atoms with Crippen LogP contribution >= 0.6 is 11.8 Å². The standard InChI is InChI=1S/C9H9N7S/c1-4-15-6(10)9(16-4)17-8-5-7(12-2-11-5)13-3-14-8/h2-3H,10H2,1H3,(H,15,16)(H,11,12,13,14). The third kappa shape index (κ3) is 1.72. The zero-order chi connectivity index (χ0) is 11.8. The third-order valence-electron chi connectivity index (χ3n) is 2.20. The van der Waals surface area contributed by atoms with E-state index in [1.54, 1.807) is 6.33 Å². The largest absolute Gasteiger partial charge is 0.383 e. The topological polar surface area (TPSA) is 109 Å². The molecule has 3 aromatic heterocycles. The summed E-state index contributed by atoms with van der Waals surface area (Å²) in [4.78, 5) is 22.5. The summed E-state index contributed by atoms with van der Waals surface area (Å²) in [5.41, 5.74) is 7.22. The predicted molar refractivity (Wildman–Crippen MR) is 63.5 cm³/mol. The Morgan fingerprint density at radius 1 is 1.24 bits per heavy atom. The number of anilines is 1. The highest BCUT2D eigenvalue weighted by Gasteiger charge is 2.12. The first-order valence-electron chi connectivity index (χ1n) is 4.88. The van der Waals surface area contributed by atoms with Crippen LogP contribution in [-0.4, -0.2) is 29.9 Å². The van der Waals surface area contributed by atoms with Gasteiger partial charge in [0, 0.05) is 0 Å². The molecule has 0 aromatic carbocycles. The zero-order valence-electron chi connectivity index (χ0n) is 8.93. The molecule has 0 aliphatic carbocycles. The SMILES string of the molecule is Cc1nc(Sc2ncnc3nc[nH]c23)c(N)[nH]1. The van der Waals surface area contributed by atoms with Gasteiger partial charge < -0.3 is 15.7 Å². The van der Waals surface area contributed by atoms with Crippen molar-refractivity contribution in [3.8, 4) is 0 Å². The number of rotatable bonds is 2. The Morgan fingerprint density at radius 3 is 2.88 bits per heavy atom. The van der Waals surface area contributed by atoms with E-state index in [0.29, 0.717) is 16.5 Å². The maximum Gasteiger partial charge on any atom is 0.181 e. The van der Waals surface area contributed by atoms with Crippen LogP contribution in [0.2, 0.25) is 0 Å². The van der Waals surface area contributed by atoms with Crippen LogP contribution in [0.1, 0.15) is 5.82 Å². The predicted octanol–water partition coefficient (Wildman–Crippen LogP) is 1.12. The normalized spacial score (nSPS) is 11.1. The molecule has 0 spiro atoms. The molecule has 0 saturated carbocycles. The van der Waals surface area contributed by atoms with Crippen molar-refractivity contribution in [2.45, 2.75) is 17.0 Å². The molecule has 86 valence electrons. The molecule has 0 unspecified atom stereocenters. The van der Waals surface area contributed by atoms with E-state index >= 15 is 0 Å². The smallest absolute Gasteiger partial charge is 0.181 e. The quantitative estimate of drug-likeness (QED) is 0.585. The van der Waals surface area contributed by atoms with E-state index in [4.69, 9.17) is 5.73 Å². The lowest BCUT2D eigenvalue weighted by Crippen LogP contribution is -1.89. The molecule has 17 heavy (non-hydrogen) atoms. The molecule has 4 N–H and O–H groups in total. The third-order valence-corrected chi connectivity index (χ3v) is 3.20. The van der Waals surface area contributed by atoms with Crippen LogP contribution in [0, 0.1) is 6.92 Å². The molecule has 3 heterocycles. The van der Waals surface area contributed by atoms with Crippen molar-refractivity contribution in [1.29, 1.82) is 0 Å². The van der Waals surface area contributed by atoms with E-state index in [1.807, 2.05) is 6.92 Å². The van der Waals surface area contributed by atoms with Crippen molar-refractivity contribution in [3.05, 3.63) is 18.5 Å². The van der Waals surface area contributed by atoms with Crippen molar-refractivity contribution in [3.63, 3.8) is 0 Å². The van der Waals surface area contributed by atoms with Gasteiger partial charge in [-0.1, -0.05) is 0 Å². The molecular formula is C9H9N7S. The minimum atomic E-state index is 0.541. The van der Waals surface area contributed by atoms with E-state index in [2.05, 4.69) is 29.9 Å². The summed E-state index contributed by atoms with van der Waals surface area (Å²) < 4.78 is 0. The number of aromatic amines is 2. The van der Waals surface area contributed by atoms with Crippen molar-refractivity contribution < 1.29 is 0 Å². The van der Waals surface area contributed by atoms with Gasteiger partial charge in [-0.3, -0.25) is 0 Å². The highest BCUT2D eigenvalue weighted by Crippen LogP contribution is 2.31. The van der Waals surface area contributed by atoms with Crippen LogP contribution in [0.15, 0.2) is 22.7 Å². The molecule has 3 rings (SSSR count). The summed E-state index contributed by atoms with van der Waals surface area (Å²) in [6.45, 7) is 1.85. The van der Waals surface area contributed by atoms with E-state index in [1.165, 1.54) is 18.1 Å². The summed E-state index contributed by atoms with van der Waals surface area (Å²) in [5.74, 6) is 1.32. The average Bonchev–Trinajstić information content (AvgIpc) is 2.87. The fraction of sp³-hybridized carbons (Fsp3) is 0.111. The molecule has 3 aromatic rings. The van der Waals surface area contributed by atoms with Crippen molar-refractivity contribution >= 4 is 28.7 Å². The van der Waals surface area contributed by atoms with Crippen molar-refractivity contribution in [1.82, 2.24) is 29.9 Å². The minimum Gasteiger partial charge on any atom is -0.383 e. The van der Waals surface area contributed by atoms with Gasteiger partial charge in [-0.2, -0.15) is 0 Å². The molecule has 7 nitrogen and oxygen atoms in total. The van der Waals surface area contributed by atoms with Gasteiger partial charge in [0.25, 0.3) is 0 Å². The van der Waals surface area contributed by atoms with E-state index in [9.17, 15) is 0 Å². The van der Waals surface area contributed by atoms with Gasteiger partial charge in [0.05, 0.1) is 6.33 Å². The Balaban J connectivity index is 2.05. The second-order valence-electron chi connectivity index (χ2n) is 3.42. The number of fused-ring (bicyclic) bond motifs is 1. The van der Waals surface area contributed by atoms with Gasteiger partial charge in [0.15, 0.2) is 5.65 Å². The van der Waals surface area contributed by atoms with Gasteiger partial charge in [-0.25, -0.2) is 19.9 Å². The number of imidazole rings is 2. The van der Waals surface area contributed by atoms with Gasteiger partial charge >= 0.3 is 0 Å². The van der Waals surface area contributed by atoms with Crippen LogP contribution in [0.4, 0.5) is 5.82 Å². The van der Waals surface area contributed by atoms with Crippen molar-refractivity contribution in [2.75, 3.05) is 5.73 Å². The first kappa shape index (κ1) is 10.1. The number of nitrogen functional groups attached to an aromatic ring is 1. The van der Waals surface area contributed by atoms with E-state index in [0.717, 1.165) is 16.4 Å². The summed E-state index contributed by atoms with van der Waals surface area (Å²) in [5, 5.41) is 1.46. The molecule has 0 atom stereocenters. The van der Waals surface area contributed by atoms with E-state index < -0.39 is 0 Å². The lowest BCUT2D eigenvalue weighted by atomic mass is 10.6. The molecule has 0 aliphatic heterocycles. The second-order valence-corrected chi connectivity index (χ2v) is 4.40. The lowest BCUT2D eigenvalue weighted by Gasteiger charge is -1.98. The van der Waals surface area contributed by atoms with Crippen LogP contribution in [0.5, 0.6) is 0 Å². The second kappa shape index (κ2) is 3.74. The average molecular weight is 247 g/mol. The molecule has 0 amide bonds. The number of nitrogens with one attached hydrogen (secondary N) is 2. The summed E-state index contributed by atoms with van der Waals surface area (Å²) in [6, 6.07) is 0. The van der Waals surface area contributed by atoms with Gasteiger partial charge in [0.1, 0.15) is 33.5 Å². The molecule has 8 heteroatoms. The van der Waals surface area contributed by atoms with Crippen LogP contribution < -0.4 is 5.73 Å². The number of aryl methyl sites for hydroxylation is 1. The highest BCUT2D eigenvalue weighted by atomic mass is 32.2. The summed E-state index contributed by atoms with van der Waals surface area (Å²) in [7, 11) is 0. The monoisotopic (exact) mass is 247 g/mol. The fourth-order valence-corrected chi connectivity index (χ4v) is 2.36. The Morgan fingerprint density at radius 2 is 2.12 bits per heavy atom. The Labute approximate surface area is 100 Å². The zero-order valence-corrected chi connectivity index (χ0v) is 9.75. The molecule has 0 saturated heterocycles. The van der Waals surface area contributed by atoms with Crippen LogP contribution in [-0.2, 0) is 0 Å². The first-order valence-corrected chi connectivity index (χ1v) is 5.69. The van der Waals surface area contributed by atoms with Gasteiger partial charge in [0.2, 0.25) is 0 Å². The summed E-state index contributed by atoms with van der Waals surface area (Å²) in [6.07, 6.45) is 3.06. The first-order chi connectivity index (χ1) is 8.24. The van der Waals surface area contributed by atoms with E-state index in [-0.39, 0.29) is 0 Å². The highest BCUT2D eigenvalue weighted by molar-refractivity contribution is 7.99. The Hall–Kier alpha value is -2.09. The van der Waals surface area contributed by atoms with Crippen LogP contribution in [0.3, 0.4) is 0 Å². The van der Waals surface area contributed by atoms with Gasteiger partial charge in [-0.05, 0) is 18.7 Å². The molecule has 0 bridgehead atoms. The maximum atomic E-state index is 5.80. The Bertz CT molecular complexity index is 671. The Kier molecular flexibility index (Phi) is 2.22.